The molecule has 3 aromatic heterocycles. The topological polar surface area (TPSA) is 76.7 Å². The maximum Gasteiger partial charge on any atom is 0.338 e. The lowest BCUT2D eigenvalue weighted by Crippen LogP contribution is -2.02. The van der Waals surface area contributed by atoms with Gasteiger partial charge in [0.25, 0.3) is 0 Å². The number of carboxylic acids is 1. The number of halogens is 2. The van der Waals surface area contributed by atoms with Crippen molar-refractivity contribution in [2.45, 2.75) is 6.61 Å². The monoisotopic (exact) mass is 431 g/mol. The summed E-state index contributed by atoms with van der Waals surface area (Å²) in [6.45, 7) is 0.115. The molecule has 0 aliphatic carbocycles. The zero-order valence-electron chi connectivity index (χ0n) is 16.5. The van der Waals surface area contributed by atoms with Crippen LogP contribution in [0.4, 0.5) is 8.78 Å². The second kappa shape index (κ2) is 7.73. The van der Waals surface area contributed by atoms with Gasteiger partial charge in [0, 0.05) is 23.3 Å². The molecule has 0 aliphatic heterocycles. The normalized spacial score (nSPS) is 11.2. The Labute approximate surface area is 180 Å². The van der Waals surface area contributed by atoms with Gasteiger partial charge in [0.1, 0.15) is 18.2 Å². The Bertz CT molecular complexity index is 1490. The first-order chi connectivity index (χ1) is 15.5. The zero-order valence-corrected chi connectivity index (χ0v) is 16.5. The molecule has 6 nitrogen and oxygen atoms in total. The van der Waals surface area contributed by atoms with Crippen LogP contribution in [0.1, 0.15) is 16.1 Å². The largest absolute Gasteiger partial charge is 0.487 e. The standard InChI is InChI=1S/C24H15F2N3O3/c25-19-9-14(5-6-17(19)24(30)31)15-10-20(26)23-28-11-16(29(23)12-15)13-32-22-7-8-27-21-4-2-1-3-18(21)22/h1-12H,13H2,(H,30,31). The number of carbonyl (C=O) groups is 1. The number of para-hydroxylation sites is 1. The number of rotatable bonds is 5. The molecule has 0 amide bonds. The number of carboxylic acid groups (broad SMARTS) is 1. The number of pyridine rings is 2. The second-order valence-corrected chi connectivity index (χ2v) is 7.13. The molecule has 1 N–H and O–H groups in total. The van der Waals surface area contributed by atoms with Gasteiger partial charge >= 0.3 is 5.97 Å². The van der Waals surface area contributed by atoms with Crippen molar-refractivity contribution in [1.82, 2.24) is 14.4 Å². The first kappa shape index (κ1) is 19.6. The molecule has 2 aromatic carbocycles. The van der Waals surface area contributed by atoms with Crippen LogP contribution in [0.25, 0.3) is 27.7 Å². The van der Waals surface area contributed by atoms with Crippen LogP contribution in [0.3, 0.4) is 0 Å². The highest BCUT2D eigenvalue weighted by molar-refractivity contribution is 5.88. The molecular weight excluding hydrogens is 416 g/mol. The van der Waals surface area contributed by atoms with Crippen molar-refractivity contribution in [2.24, 2.45) is 0 Å². The highest BCUT2D eigenvalue weighted by Crippen LogP contribution is 2.27. The minimum absolute atomic E-state index is 0.106. The molecule has 3 heterocycles. The Morgan fingerprint density at radius 1 is 1.00 bits per heavy atom. The molecule has 0 spiro atoms. The first-order valence-corrected chi connectivity index (χ1v) is 9.66. The molecule has 0 radical (unpaired) electrons. The predicted molar refractivity (Wildman–Crippen MR) is 114 cm³/mol. The van der Waals surface area contributed by atoms with Crippen LogP contribution in [0.2, 0.25) is 0 Å². The van der Waals surface area contributed by atoms with E-state index in [4.69, 9.17) is 9.84 Å². The van der Waals surface area contributed by atoms with Crippen LogP contribution in [-0.4, -0.2) is 25.4 Å². The van der Waals surface area contributed by atoms with E-state index in [1.165, 1.54) is 22.7 Å². The van der Waals surface area contributed by atoms with Crippen molar-refractivity contribution in [3.05, 3.63) is 96.1 Å². The van der Waals surface area contributed by atoms with Crippen molar-refractivity contribution >= 4 is 22.5 Å². The molecule has 5 aromatic rings. The molecule has 158 valence electrons. The van der Waals surface area contributed by atoms with Gasteiger partial charge in [0.2, 0.25) is 0 Å². The average molecular weight is 431 g/mol. The average Bonchev–Trinajstić information content (AvgIpc) is 3.21. The number of benzene rings is 2. The summed E-state index contributed by atoms with van der Waals surface area (Å²) < 4.78 is 36.4. The Balaban J connectivity index is 1.51. The van der Waals surface area contributed by atoms with Crippen molar-refractivity contribution in [2.75, 3.05) is 0 Å². The number of nitrogens with zero attached hydrogens (tertiary/aromatic N) is 3. The van der Waals surface area contributed by atoms with Crippen molar-refractivity contribution in [1.29, 1.82) is 0 Å². The van der Waals surface area contributed by atoms with Crippen molar-refractivity contribution in [3.8, 4) is 16.9 Å². The number of hydrogen-bond acceptors (Lipinski definition) is 4. The van der Waals surface area contributed by atoms with E-state index in [1.807, 2.05) is 24.3 Å². The van der Waals surface area contributed by atoms with E-state index in [0.29, 0.717) is 22.6 Å². The SMILES string of the molecule is O=C(O)c1ccc(-c2cc(F)c3ncc(COc4ccnc5ccccc45)n3c2)cc1F. The van der Waals surface area contributed by atoms with E-state index in [2.05, 4.69) is 9.97 Å². The van der Waals surface area contributed by atoms with Gasteiger partial charge in [-0.25, -0.2) is 18.6 Å². The van der Waals surface area contributed by atoms with Gasteiger partial charge in [-0.1, -0.05) is 18.2 Å². The highest BCUT2D eigenvalue weighted by Gasteiger charge is 2.15. The number of aromatic nitrogens is 3. The van der Waals surface area contributed by atoms with Crippen molar-refractivity contribution < 1.29 is 23.4 Å². The Hall–Kier alpha value is -4.33. The van der Waals surface area contributed by atoms with Crippen LogP contribution in [0, 0.1) is 11.6 Å². The summed E-state index contributed by atoms with van der Waals surface area (Å²) in [4.78, 5) is 19.5. The predicted octanol–water partition coefficient (Wildman–Crippen LogP) is 5.10. The first-order valence-electron chi connectivity index (χ1n) is 9.66. The van der Waals surface area contributed by atoms with Gasteiger partial charge in [0.05, 0.1) is 23.0 Å². The molecule has 0 fully saturated rings. The third-order valence-corrected chi connectivity index (χ3v) is 5.15. The van der Waals surface area contributed by atoms with Crippen LogP contribution >= 0.6 is 0 Å². The number of aromatic carboxylic acids is 1. The maximum absolute atomic E-state index is 14.7. The molecule has 0 saturated carbocycles. The van der Waals surface area contributed by atoms with Gasteiger partial charge in [-0.2, -0.15) is 0 Å². The molecule has 8 heteroatoms. The Morgan fingerprint density at radius 2 is 1.81 bits per heavy atom. The highest BCUT2D eigenvalue weighted by atomic mass is 19.1. The fraction of sp³-hybridized carbons (Fsp3) is 0.0417. The van der Waals surface area contributed by atoms with Crippen LogP contribution in [0.5, 0.6) is 5.75 Å². The lowest BCUT2D eigenvalue weighted by atomic mass is 10.0. The fourth-order valence-corrected chi connectivity index (χ4v) is 3.57. The second-order valence-electron chi connectivity index (χ2n) is 7.13. The molecule has 0 unspecified atom stereocenters. The fourth-order valence-electron chi connectivity index (χ4n) is 3.57. The van der Waals surface area contributed by atoms with Crippen molar-refractivity contribution in [3.63, 3.8) is 0 Å². The summed E-state index contributed by atoms with van der Waals surface area (Å²) in [5.74, 6) is -2.22. The third-order valence-electron chi connectivity index (χ3n) is 5.15. The zero-order chi connectivity index (χ0) is 22.2. The summed E-state index contributed by atoms with van der Waals surface area (Å²) in [5, 5.41) is 9.86. The molecule has 0 bridgehead atoms. The van der Waals surface area contributed by atoms with Crippen LogP contribution < -0.4 is 4.74 Å². The molecule has 32 heavy (non-hydrogen) atoms. The van der Waals surface area contributed by atoms with E-state index in [-0.39, 0.29) is 12.3 Å². The van der Waals surface area contributed by atoms with E-state index in [1.54, 1.807) is 18.5 Å². The minimum Gasteiger partial charge on any atom is -0.487 e. The van der Waals surface area contributed by atoms with Gasteiger partial charge in [0.15, 0.2) is 11.5 Å². The van der Waals surface area contributed by atoms with Crippen LogP contribution in [-0.2, 0) is 6.61 Å². The lowest BCUT2D eigenvalue weighted by Gasteiger charge is -2.10. The summed E-state index contributed by atoms with van der Waals surface area (Å²) in [6.07, 6.45) is 4.78. The van der Waals surface area contributed by atoms with E-state index in [0.717, 1.165) is 23.0 Å². The summed E-state index contributed by atoms with van der Waals surface area (Å²) in [5.41, 5.74) is 1.76. The Morgan fingerprint density at radius 3 is 2.62 bits per heavy atom. The van der Waals surface area contributed by atoms with E-state index >= 15 is 0 Å². The van der Waals surface area contributed by atoms with Gasteiger partial charge in [-0.05, 0) is 42.0 Å². The summed E-state index contributed by atoms with van der Waals surface area (Å²) in [6, 6.07) is 14.2. The van der Waals surface area contributed by atoms with Gasteiger partial charge in [-0.15, -0.1) is 0 Å². The Kier molecular flexibility index (Phi) is 4.74. The van der Waals surface area contributed by atoms with Gasteiger partial charge < -0.3 is 9.84 Å². The molecule has 0 atom stereocenters. The number of ether oxygens (including phenoxy) is 1. The quantitative estimate of drug-likeness (QED) is 0.419. The van der Waals surface area contributed by atoms with Gasteiger partial charge in [-0.3, -0.25) is 9.38 Å². The van der Waals surface area contributed by atoms with E-state index in [9.17, 15) is 13.6 Å². The maximum atomic E-state index is 14.7. The lowest BCUT2D eigenvalue weighted by molar-refractivity contribution is 0.0692. The third kappa shape index (κ3) is 3.41. The van der Waals surface area contributed by atoms with E-state index < -0.39 is 23.2 Å². The number of hydrogen-bond donors (Lipinski definition) is 1. The summed E-state index contributed by atoms with van der Waals surface area (Å²) >= 11 is 0. The molecule has 5 rings (SSSR count). The smallest absolute Gasteiger partial charge is 0.338 e. The molecule has 0 aliphatic rings. The number of fused-ring (bicyclic) bond motifs is 2. The minimum atomic E-state index is -1.37. The molecular formula is C24H15F2N3O3. The summed E-state index contributed by atoms with van der Waals surface area (Å²) in [7, 11) is 0. The molecule has 0 saturated heterocycles. The number of imidazole rings is 1. The van der Waals surface area contributed by atoms with Crippen LogP contribution in [0.15, 0.2) is 73.2 Å².